The molecule has 1 amide bonds. The molecule has 2 aromatic heterocycles. The number of anilines is 2. The number of rotatable bonds is 4. The number of benzene rings is 2. The second kappa shape index (κ2) is 8.73. The number of nitrogens with zero attached hydrogens (tertiary/aromatic N) is 5. The summed E-state index contributed by atoms with van der Waals surface area (Å²) in [6, 6.07) is 20.4. The molecular formula is C25H22N6O2. The molecule has 8 heteroatoms. The lowest BCUT2D eigenvalue weighted by Crippen LogP contribution is -2.43. The van der Waals surface area contributed by atoms with Gasteiger partial charge >= 0.3 is 0 Å². The highest BCUT2D eigenvalue weighted by atomic mass is 16.3. The van der Waals surface area contributed by atoms with Crippen LogP contribution in [0.4, 0.5) is 11.6 Å². The number of carbonyl (C=O) groups excluding carboxylic acids is 1. The van der Waals surface area contributed by atoms with E-state index in [4.69, 9.17) is 5.26 Å². The maximum absolute atomic E-state index is 12.7. The zero-order valence-corrected chi connectivity index (χ0v) is 17.8. The first-order chi connectivity index (χ1) is 16.1. The molecule has 0 spiro atoms. The van der Waals surface area contributed by atoms with Crippen LogP contribution in [0.1, 0.15) is 35.2 Å². The Morgan fingerprint density at radius 3 is 2.61 bits per heavy atom. The zero-order valence-electron chi connectivity index (χ0n) is 17.8. The highest BCUT2D eigenvalue weighted by molar-refractivity contribution is 5.94. The van der Waals surface area contributed by atoms with Gasteiger partial charge in [0, 0.05) is 29.6 Å². The summed E-state index contributed by atoms with van der Waals surface area (Å²) in [7, 11) is 0. The zero-order chi connectivity index (χ0) is 22.8. The molecule has 0 saturated carbocycles. The van der Waals surface area contributed by atoms with Crippen LogP contribution in [-0.2, 0) is 0 Å². The van der Waals surface area contributed by atoms with E-state index in [-0.39, 0.29) is 5.91 Å². The number of aliphatic hydroxyl groups excluding tert-OH is 1. The molecule has 1 atom stereocenters. The summed E-state index contributed by atoms with van der Waals surface area (Å²) >= 11 is 0. The van der Waals surface area contributed by atoms with Gasteiger partial charge in [-0.3, -0.25) is 4.79 Å². The molecule has 2 N–H and O–H groups in total. The molecule has 33 heavy (non-hydrogen) atoms. The minimum atomic E-state index is -0.712. The van der Waals surface area contributed by atoms with Gasteiger partial charge in [-0.05, 0) is 73.4 Å². The number of carbonyl (C=O) groups is 1. The van der Waals surface area contributed by atoms with Gasteiger partial charge in [-0.2, -0.15) is 10.2 Å². The van der Waals surface area contributed by atoms with Crippen LogP contribution in [0.2, 0.25) is 0 Å². The molecular weight excluding hydrogens is 416 g/mol. The number of likely N-dealkylation sites (tertiary alicyclic amines) is 1. The second-order valence-electron chi connectivity index (χ2n) is 7.99. The maximum Gasteiger partial charge on any atom is 0.255 e. The topological polar surface area (TPSA) is 107 Å². The van der Waals surface area contributed by atoms with Crippen molar-refractivity contribution in [3.8, 4) is 17.2 Å². The van der Waals surface area contributed by atoms with Crippen LogP contribution in [0, 0.1) is 11.3 Å². The van der Waals surface area contributed by atoms with E-state index in [1.54, 1.807) is 40.9 Å². The van der Waals surface area contributed by atoms with Crippen molar-refractivity contribution in [2.24, 2.45) is 0 Å². The molecule has 1 fully saturated rings. The van der Waals surface area contributed by atoms with Crippen LogP contribution in [0.15, 0.2) is 66.9 Å². The lowest BCUT2D eigenvalue weighted by molar-refractivity contribution is -0.0120. The summed E-state index contributed by atoms with van der Waals surface area (Å²) < 4.78 is 1.70. The molecule has 8 nitrogen and oxygen atoms in total. The fourth-order valence-corrected chi connectivity index (χ4v) is 4.05. The van der Waals surface area contributed by atoms with Crippen molar-refractivity contribution in [1.29, 1.82) is 5.26 Å². The van der Waals surface area contributed by atoms with Crippen molar-refractivity contribution in [2.45, 2.75) is 25.5 Å². The summed E-state index contributed by atoms with van der Waals surface area (Å²) in [5.74, 6) is 0.272. The van der Waals surface area contributed by atoms with Crippen molar-refractivity contribution in [1.82, 2.24) is 19.5 Å². The SMILES string of the molecule is N#Cc1ccc(-c2cccn3nc(Nc4ccc(C(=O)N5CCCC[C@@H]5O)cc4)nc23)cc1. The highest BCUT2D eigenvalue weighted by Crippen LogP contribution is 2.26. The van der Waals surface area contributed by atoms with Crippen LogP contribution in [-0.4, -0.2) is 43.3 Å². The summed E-state index contributed by atoms with van der Waals surface area (Å²) in [4.78, 5) is 18.9. The van der Waals surface area contributed by atoms with E-state index in [9.17, 15) is 9.90 Å². The first-order valence-corrected chi connectivity index (χ1v) is 10.8. The lowest BCUT2D eigenvalue weighted by Gasteiger charge is -2.32. The van der Waals surface area contributed by atoms with E-state index in [2.05, 4.69) is 21.5 Å². The number of pyridine rings is 1. The van der Waals surface area contributed by atoms with E-state index < -0.39 is 6.23 Å². The van der Waals surface area contributed by atoms with E-state index in [0.717, 1.165) is 29.7 Å². The van der Waals surface area contributed by atoms with Gasteiger partial charge < -0.3 is 15.3 Å². The molecule has 0 unspecified atom stereocenters. The number of fused-ring (bicyclic) bond motifs is 1. The Labute approximate surface area is 190 Å². The molecule has 5 rings (SSSR count). The van der Waals surface area contributed by atoms with Crippen LogP contribution in [0.3, 0.4) is 0 Å². The molecule has 3 heterocycles. The number of aromatic nitrogens is 3. The van der Waals surface area contributed by atoms with Gasteiger partial charge in [0.2, 0.25) is 5.95 Å². The first-order valence-electron chi connectivity index (χ1n) is 10.8. The average Bonchev–Trinajstić information content (AvgIpc) is 3.27. The third kappa shape index (κ3) is 4.14. The van der Waals surface area contributed by atoms with Crippen LogP contribution >= 0.6 is 0 Å². The largest absolute Gasteiger partial charge is 0.374 e. The van der Waals surface area contributed by atoms with Gasteiger partial charge in [0.1, 0.15) is 6.23 Å². The van der Waals surface area contributed by atoms with Gasteiger partial charge in [0.15, 0.2) is 5.65 Å². The third-order valence-electron chi connectivity index (χ3n) is 5.81. The number of piperidine rings is 1. The van der Waals surface area contributed by atoms with E-state index in [1.807, 2.05) is 30.5 Å². The third-order valence-corrected chi connectivity index (χ3v) is 5.81. The van der Waals surface area contributed by atoms with E-state index in [0.29, 0.717) is 35.7 Å². The number of aliphatic hydroxyl groups is 1. The fraction of sp³-hybridized carbons (Fsp3) is 0.200. The Morgan fingerprint density at radius 1 is 1.09 bits per heavy atom. The number of hydrogen-bond donors (Lipinski definition) is 2. The van der Waals surface area contributed by atoms with Crippen LogP contribution in [0.25, 0.3) is 16.8 Å². The highest BCUT2D eigenvalue weighted by Gasteiger charge is 2.25. The monoisotopic (exact) mass is 438 g/mol. The molecule has 0 bridgehead atoms. The fourth-order valence-electron chi connectivity index (χ4n) is 4.05. The van der Waals surface area contributed by atoms with Gasteiger partial charge in [-0.15, -0.1) is 5.10 Å². The lowest BCUT2D eigenvalue weighted by atomic mass is 10.1. The van der Waals surface area contributed by atoms with Gasteiger partial charge in [0.25, 0.3) is 5.91 Å². The Balaban J connectivity index is 1.36. The molecule has 0 radical (unpaired) electrons. The standard InChI is InChI=1S/C25H22N6O2/c26-16-17-6-8-18(9-7-17)21-4-3-15-31-23(21)28-25(29-31)27-20-12-10-19(11-13-20)24(33)30-14-2-1-5-22(30)32/h3-4,6-13,15,22,32H,1-2,5,14H2,(H,27,29)/t22-/m0/s1. The molecule has 1 saturated heterocycles. The molecule has 164 valence electrons. The maximum atomic E-state index is 12.7. The van der Waals surface area contributed by atoms with Crippen molar-refractivity contribution in [3.05, 3.63) is 78.0 Å². The minimum absolute atomic E-state index is 0.160. The number of hydrogen-bond acceptors (Lipinski definition) is 6. The number of nitrogens with one attached hydrogen (secondary N) is 1. The number of amides is 1. The van der Waals surface area contributed by atoms with Crippen LogP contribution < -0.4 is 5.32 Å². The predicted molar refractivity (Wildman–Crippen MR) is 124 cm³/mol. The molecule has 4 aromatic rings. The quantitative estimate of drug-likeness (QED) is 0.500. The van der Waals surface area contributed by atoms with Crippen molar-refractivity contribution >= 4 is 23.2 Å². The van der Waals surface area contributed by atoms with Crippen LogP contribution in [0.5, 0.6) is 0 Å². The first kappa shape index (κ1) is 20.7. The molecule has 0 aliphatic carbocycles. The predicted octanol–water partition coefficient (Wildman–Crippen LogP) is 3.96. The molecule has 1 aliphatic heterocycles. The summed E-state index contributed by atoms with van der Waals surface area (Å²) in [6.45, 7) is 0.576. The summed E-state index contributed by atoms with van der Waals surface area (Å²) in [5, 5.41) is 26.8. The van der Waals surface area contributed by atoms with Crippen molar-refractivity contribution < 1.29 is 9.90 Å². The molecule has 2 aromatic carbocycles. The smallest absolute Gasteiger partial charge is 0.255 e. The van der Waals surface area contributed by atoms with Crippen molar-refractivity contribution in [2.75, 3.05) is 11.9 Å². The minimum Gasteiger partial charge on any atom is -0.374 e. The van der Waals surface area contributed by atoms with E-state index in [1.165, 1.54) is 4.90 Å². The van der Waals surface area contributed by atoms with E-state index >= 15 is 0 Å². The van der Waals surface area contributed by atoms with Gasteiger partial charge in [0.05, 0.1) is 11.6 Å². The normalized spacial score (nSPS) is 15.9. The van der Waals surface area contributed by atoms with Gasteiger partial charge in [-0.25, -0.2) is 4.52 Å². The Bertz CT molecular complexity index is 1340. The summed E-state index contributed by atoms with van der Waals surface area (Å²) in [6.07, 6.45) is 3.58. The average molecular weight is 438 g/mol. The van der Waals surface area contributed by atoms with Gasteiger partial charge in [-0.1, -0.05) is 12.1 Å². The molecule has 1 aliphatic rings. The Morgan fingerprint density at radius 2 is 1.88 bits per heavy atom. The number of nitriles is 1. The van der Waals surface area contributed by atoms with Crippen molar-refractivity contribution in [3.63, 3.8) is 0 Å². The Hall–Kier alpha value is -4.22. The second-order valence-corrected chi connectivity index (χ2v) is 7.99. The Kier molecular flexibility index (Phi) is 5.47. The summed E-state index contributed by atoms with van der Waals surface area (Å²) in [5.41, 5.74) is 4.43.